The number of ketones is 1. The fourth-order valence-corrected chi connectivity index (χ4v) is 11.4. The molecule has 8 heteroatoms. The molecular formula is C37H47N3O5. The Morgan fingerprint density at radius 2 is 1.64 bits per heavy atom. The van der Waals surface area contributed by atoms with Gasteiger partial charge in [0.1, 0.15) is 0 Å². The number of nitrogens with zero attached hydrogens (tertiary/aromatic N) is 3. The molecule has 240 valence electrons. The number of aromatic nitrogens is 3. The molecule has 8 rings (SSSR count). The van der Waals surface area contributed by atoms with Gasteiger partial charge >= 0.3 is 17.3 Å². The maximum Gasteiger partial charge on any atom is 0.352 e. The van der Waals surface area contributed by atoms with Crippen molar-refractivity contribution >= 4 is 11.8 Å². The second-order valence-corrected chi connectivity index (χ2v) is 15.7. The zero-order chi connectivity index (χ0) is 32.1. The van der Waals surface area contributed by atoms with Gasteiger partial charge in [-0.25, -0.2) is 23.5 Å². The predicted molar refractivity (Wildman–Crippen MR) is 172 cm³/mol. The number of benzene rings is 1. The Hall–Kier alpha value is -3.42. The minimum Gasteiger partial charge on any atom is -0.481 e. The molecule has 1 aromatic carbocycles. The highest BCUT2D eigenvalue weighted by Gasteiger charge is 2.75. The van der Waals surface area contributed by atoms with Crippen molar-refractivity contribution in [2.75, 3.05) is 0 Å². The number of hydrogen-bond acceptors (Lipinski definition) is 4. The van der Waals surface area contributed by atoms with Crippen LogP contribution in [-0.2, 0) is 20.7 Å². The summed E-state index contributed by atoms with van der Waals surface area (Å²) in [6.45, 7) is 10.8. The normalized spacial score (nSPS) is 38.5. The molecule has 9 atom stereocenters. The highest BCUT2D eigenvalue weighted by Crippen LogP contribution is 2.74. The fraction of sp³-hybridized carbons (Fsp3) is 0.622. The first-order valence-electron chi connectivity index (χ1n) is 17.0. The van der Waals surface area contributed by atoms with Crippen LogP contribution >= 0.6 is 0 Å². The average Bonchev–Trinajstić information content (AvgIpc) is 3.50. The molecule has 4 aliphatic carbocycles. The molecule has 0 saturated heterocycles. The van der Waals surface area contributed by atoms with Gasteiger partial charge in [0.25, 0.3) is 0 Å². The Morgan fingerprint density at radius 1 is 0.933 bits per heavy atom. The Kier molecular flexibility index (Phi) is 6.75. The molecule has 0 radical (unpaired) electrons. The van der Waals surface area contributed by atoms with E-state index in [0.29, 0.717) is 18.0 Å². The summed E-state index contributed by atoms with van der Waals surface area (Å²) < 4.78 is 5.02. The molecule has 3 saturated carbocycles. The van der Waals surface area contributed by atoms with Crippen LogP contribution in [0.5, 0.6) is 0 Å². The van der Waals surface area contributed by atoms with E-state index in [4.69, 9.17) is 0 Å². The molecule has 2 aromatic rings. The summed E-state index contributed by atoms with van der Waals surface area (Å²) >= 11 is 0. The fourth-order valence-electron chi connectivity index (χ4n) is 11.4. The molecule has 3 heterocycles. The maximum absolute atomic E-state index is 14.8. The number of carboxylic acid groups (broad SMARTS) is 1. The van der Waals surface area contributed by atoms with E-state index in [0.717, 1.165) is 38.5 Å². The zero-order valence-electron chi connectivity index (χ0n) is 27.2. The van der Waals surface area contributed by atoms with Gasteiger partial charge in [-0.1, -0.05) is 71.0 Å². The lowest BCUT2D eigenvalue weighted by Gasteiger charge is -2.71. The van der Waals surface area contributed by atoms with Crippen LogP contribution in [0.4, 0.5) is 0 Å². The van der Waals surface area contributed by atoms with Crippen molar-refractivity contribution in [2.45, 2.75) is 97.1 Å². The number of rotatable bonds is 7. The quantitative estimate of drug-likeness (QED) is 0.309. The number of allylic oxidation sites excluding steroid dienone is 4. The molecule has 6 aliphatic rings. The monoisotopic (exact) mass is 613 g/mol. The van der Waals surface area contributed by atoms with Gasteiger partial charge in [0.2, 0.25) is 0 Å². The molecule has 2 aliphatic heterocycles. The lowest BCUT2D eigenvalue weighted by molar-refractivity contribution is -0.195. The Bertz CT molecular complexity index is 1730. The van der Waals surface area contributed by atoms with E-state index >= 15 is 0 Å². The Labute approximate surface area is 264 Å². The summed E-state index contributed by atoms with van der Waals surface area (Å²) in [6, 6.07) is 9.20. The highest BCUT2D eigenvalue weighted by molar-refractivity contribution is 5.91. The number of carbonyl (C=O) groups excluding carboxylic acids is 1. The van der Waals surface area contributed by atoms with Gasteiger partial charge in [0.05, 0.1) is 16.8 Å². The zero-order valence-corrected chi connectivity index (χ0v) is 27.2. The lowest BCUT2D eigenvalue weighted by Crippen LogP contribution is -2.76. The van der Waals surface area contributed by atoms with Gasteiger partial charge < -0.3 is 5.11 Å². The van der Waals surface area contributed by atoms with Gasteiger partial charge in [0, 0.05) is 17.8 Å². The Morgan fingerprint density at radius 3 is 2.33 bits per heavy atom. The van der Waals surface area contributed by atoms with Crippen LogP contribution in [0.1, 0.15) is 86.0 Å². The van der Waals surface area contributed by atoms with Crippen LogP contribution in [-0.4, -0.2) is 30.8 Å². The summed E-state index contributed by atoms with van der Waals surface area (Å²) in [6.07, 6.45) is 14.5. The summed E-state index contributed by atoms with van der Waals surface area (Å²) in [5, 5.41) is 9.75. The standard InChI is InChI=1S/C37H47N3O5/c1-23(2)28(41)13-11-24(3)27-12-14-29-34(27,4)17-16-30-35(5)18-15-25(21-31(42)43)22-36(35)19-20-37(29,30)40-33(45)38(32(44)39(36)40)26-9-7-6-8-10-26/h6-11,13,19-20,23-25,27,29-30H,12,14-18,21-22H2,1-5H3,(H,42,43)/b13-11+/t24-,25-,27-,29?,30?,34-,35-,36+,37-/m1/s1. The molecule has 3 fully saturated rings. The van der Waals surface area contributed by atoms with Crippen molar-refractivity contribution in [3.8, 4) is 5.69 Å². The largest absolute Gasteiger partial charge is 0.481 e. The summed E-state index contributed by atoms with van der Waals surface area (Å²) in [4.78, 5) is 53.8. The number of carboxylic acids is 1. The van der Waals surface area contributed by atoms with Crippen molar-refractivity contribution < 1.29 is 14.7 Å². The van der Waals surface area contributed by atoms with E-state index in [1.54, 1.807) is 10.8 Å². The molecule has 2 unspecified atom stereocenters. The third kappa shape index (κ3) is 3.83. The van der Waals surface area contributed by atoms with Gasteiger partial charge in [0.15, 0.2) is 5.78 Å². The molecule has 2 spiro atoms. The van der Waals surface area contributed by atoms with Crippen LogP contribution < -0.4 is 11.4 Å². The minimum absolute atomic E-state index is 0.0341. The topological polar surface area (TPSA) is 103 Å². The van der Waals surface area contributed by atoms with Crippen LogP contribution in [0.2, 0.25) is 0 Å². The SMILES string of the molecule is CC(C)C(=O)/C=C/[C@@H](C)[C@H]1CCC2[C@]34C=C[C@@]5(C[C@@H](CC(=O)O)CC[C@]5(C)C3CC[C@@]21C)n1c(=O)n(-c2ccccc2)c(=O)n14. The van der Waals surface area contributed by atoms with Crippen molar-refractivity contribution in [1.82, 2.24) is 13.9 Å². The van der Waals surface area contributed by atoms with E-state index in [2.05, 4.69) is 39.0 Å². The number of carbonyl (C=O) groups is 2. The van der Waals surface area contributed by atoms with E-state index in [1.165, 1.54) is 4.57 Å². The highest BCUT2D eigenvalue weighted by atomic mass is 16.4. The van der Waals surface area contributed by atoms with E-state index < -0.39 is 17.0 Å². The number of para-hydroxylation sites is 1. The van der Waals surface area contributed by atoms with Crippen LogP contribution in [0.25, 0.3) is 5.69 Å². The van der Waals surface area contributed by atoms with E-state index in [9.17, 15) is 24.3 Å². The predicted octanol–water partition coefficient (Wildman–Crippen LogP) is 5.92. The van der Waals surface area contributed by atoms with Gasteiger partial charge in [-0.05, 0) is 98.2 Å². The van der Waals surface area contributed by atoms with E-state index in [-0.39, 0.29) is 64.0 Å². The average molecular weight is 614 g/mol. The summed E-state index contributed by atoms with van der Waals surface area (Å²) in [5.41, 5.74) is -1.90. The molecule has 0 amide bonds. The third-order valence-electron chi connectivity index (χ3n) is 13.5. The number of hydrogen-bond donors (Lipinski definition) is 1. The molecular weight excluding hydrogens is 566 g/mol. The molecule has 1 N–H and O–H groups in total. The van der Waals surface area contributed by atoms with Crippen molar-refractivity contribution in [1.29, 1.82) is 0 Å². The first-order valence-corrected chi connectivity index (χ1v) is 17.0. The Balaban J connectivity index is 1.43. The summed E-state index contributed by atoms with van der Waals surface area (Å²) in [5.74, 6) is 0.0637. The first kappa shape index (κ1) is 30.2. The molecule has 45 heavy (non-hydrogen) atoms. The van der Waals surface area contributed by atoms with Crippen LogP contribution in [0.15, 0.2) is 64.2 Å². The molecule has 8 nitrogen and oxygen atoms in total. The van der Waals surface area contributed by atoms with E-state index in [1.807, 2.05) is 48.9 Å². The second-order valence-electron chi connectivity index (χ2n) is 15.7. The summed E-state index contributed by atoms with van der Waals surface area (Å²) in [7, 11) is 0. The third-order valence-corrected chi connectivity index (χ3v) is 13.5. The van der Waals surface area contributed by atoms with Crippen molar-refractivity contribution in [3.05, 3.63) is 75.6 Å². The van der Waals surface area contributed by atoms with Gasteiger partial charge in [-0.15, -0.1) is 0 Å². The molecule has 2 bridgehead atoms. The van der Waals surface area contributed by atoms with Crippen molar-refractivity contribution in [3.63, 3.8) is 0 Å². The number of aliphatic carboxylic acids is 1. The second kappa shape index (κ2) is 10.0. The minimum atomic E-state index is -0.819. The number of fused-ring (bicyclic) bond motifs is 1. The van der Waals surface area contributed by atoms with Gasteiger partial charge in [-0.2, -0.15) is 0 Å². The van der Waals surface area contributed by atoms with Gasteiger partial charge in [-0.3, -0.25) is 9.59 Å². The maximum atomic E-state index is 14.8. The van der Waals surface area contributed by atoms with Crippen LogP contribution in [0.3, 0.4) is 0 Å². The van der Waals surface area contributed by atoms with Crippen molar-refractivity contribution in [2.24, 2.45) is 46.3 Å². The lowest BCUT2D eigenvalue weighted by atomic mass is 9.40. The smallest absolute Gasteiger partial charge is 0.352 e. The first-order chi connectivity index (χ1) is 21.3. The molecule has 1 aromatic heterocycles. The van der Waals surface area contributed by atoms with Crippen LogP contribution in [0, 0.1) is 46.3 Å².